The molecular formula is C21H24N2O4. The third-order valence-electron chi connectivity index (χ3n) is 6.07. The van der Waals surface area contributed by atoms with Crippen molar-refractivity contribution < 1.29 is 19.4 Å². The molecule has 2 aliphatic rings. The van der Waals surface area contributed by atoms with Gasteiger partial charge in [-0.25, -0.2) is 0 Å². The van der Waals surface area contributed by atoms with Gasteiger partial charge in [0.1, 0.15) is 6.04 Å². The summed E-state index contributed by atoms with van der Waals surface area (Å²) in [6.45, 7) is 2.52. The van der Waals surface area contributed by atoms with Crippen molar-refractivity contribution in [3.8, 4) is 0 Å². The van der Waals surface area contributed by atoms with E-state index in [1.54, 1.807) is 0 Å². The van der Waals surface area contributed by atoms with Crippen molar-refractivity contribution >= 4 is 22.8 Å². The summed E-state index contributed by atoms with van der Waals surface area (Å²) >= 11 is 0. The van der Waals surface area contributed by atoms with E-state index in [0.29, 0.717) is 25.8 Å². The maximum absolute atomic E-state index is 12.0. The summed E-state index contributed by atoms with van der Waals surface area (Å²) in [7, 11) is 1.41. The highest BCUT2D eigenvalue weighted by Crippen LogP contribution is 2.45. The van der Waals surface area contributed by atoms with Crippen LogP contribution in [0.5, 0.6) is 0 Å². The van der Waals surface area contributed by atoms with Crippen LogP contribution >= 0.6 is 0 Å². The van der Waals surface area contributed by atoms with E-state index in [-0.39, 0.29) is 17.9 Å². The van der Waals surface area contributed by atoms with Crippen LogP contribution in [0.4, 0.5) is 0 Å². The van der Waals surface area contributed by atoms with Gasteiger partial charge < -0.3 is 14.8 Å². The van der Waals surface area contributed by atoms with Gasteiger partial charge in [-0.3, -0.25) is 14.5 Å². The summed E-state index contributed by atoms with van der Waals surface area (Å²) < 4.78 is 4.88. The van der Waals surface area contributed by atoms with Crippen molar-refractivity contribution in [3.05, 3.63) is 47.2 Å². The van der Waals surface area contributed by atoms with E-state index >= 15 is 0 Å². The number of fused-ring (bicyclic) bond motifs is 5. The number of benzene rings is 1. The number of piperidine rings is 1. The molecular weight excluding hydrogens is 344 g/mol. The first-order valence-electron chi connectivity index (χ1n) is 9.33. The molecule has 6 heteroatoms. The van der Waals surface area contributed by atoms with E-state index in [2.05, 4.69) is 9.88 Å². The first kappa shape index (κ1) is 17.8. The summed E-state index contributed by atoms with van der Waals surface area (Å²) in [5.74, 6) is -0.955. The van der Waals surface area contributed by atoms with E-state index in [9.17, 15) is 14.7 Å². The van der Waals surface area contributed by atoms with E-state index < -0.39 is 12.0 Å². The van der Waals surface area contributed by atoms with E-state index in [1.807, 2.05) is 37.3 Å². The molecule has 1 saturated heterocycles. The van der Waals surface area contributed by atoms with Gasteiger partial charge in [0.25, 0.3) is 0 Å². The number of hydrogen-bond donors (Lipinski definition) is 2. The Morgan fingerprint density at radius 2 is 2.15 bits per heavy atom. The normalized spacial score (nSPS) is 26.6. The van der Waals surface area contributed by atoms with Gasteiger partial charge in [-0.1, -0.05) is 29.8 Å². The number of aliphatic carboxylic acids is 1. The molecule has 142 valence electrons. The Balaban J connectivity index is 1.78. The van der Waals surface area contributed by atoms with E-state index in [1.165, 1.54) is 7.11 Å². The van der Waals surface area contributed by atoms with Crippen LogP contribution in [-0.4, -0.2) is 46.6 Å². The third-order valence-corrected chi connectivity index (χ3v) is 6.07. The lowest BCUT2D eigenvalue weighted by atomic mass is 9.78. The largest absolute Gasteiger partial charge is 0.480 e. The van der Waals surface area contributed by atoms with Crippen molar-refractivity contribution in [2.45, 2.75) is 38.3 Å². The molecule has 2 N–H and O–H groups in total. The minimum Gasteiger partial charge on any atom is -0.480 e. The van der Waals surface area contributed by atoms with Gasteiger partial charge in [0.2, 0.25) is 0 Å². The second-order valence-corrected chi connectivity index (χ2v) is 7.39. The predicted molar refractivity (Wildman–Crippen MR) is 101 cm³/mol. The summed E-state index contributed by atoms with van der Waals surface area (Å²) in [5, 5.41) is 11.0. The number of hydrogen-bond acceptors (Lipinski definition) is 4. The number of aromatic nitrogens is 1. The molecule has 0 bridgehead atoms. The fraction of sp³-hybridized carbons (Fsp3) is 0.429. The lowest BCUT2D eigenvalue weighted by Crippen LogP contribution is -2.52. The average Bonchev–Trinajstić information content (AvgIpc) is 3.05. The molecule has 0 aliphatic carbocycles. The van der Waals surface area contributed by atoms with Gasteiger partial charge in [0.15, 0.2) is 0 Å². The zero-order chi connectivity index (χ0) is 19.1. The van der Waals surface area contributed by atoms with Crippen LogP contribution in [0.2, 0.25) is 0 Å². The number of nitrogens with zero attached hydrogens (tertiary/aromatic N) is 1. The molecule has 2 aromatic rings. The molecule has 6 nitrogen and oxygen atoms in total. The number of carboxylic acid groups (broad SMARTS) is 1. The molecule has 3 heterocycles. The number of methoxy groups -OCH3 is 1. The summed E-state index contributed by atoms with van der Waals surface area (Å²) in [6, 6.07) is 7.44. The average molecular weight is 368 g/mol. The Hall–Kier alpha value is -2.60. The molecule has 0 spiro atoms. The van der Waals surface area contributed by atoms with Gasteiger partial charge >= 0.3 is 11.9 Å². The highest BCUT2D eigenvalue weighted by molar-refractivity contribution is 5.87. The maximum atomic E-state index is 12.0. The van der Waals surface area contributed by atoms with Crippen LogP contribution in [0.1, 0.15) is 37.1 Å². The van der Waals surface area contributed by atoms with Crippen LogP contribution in [0.25, 0.3) is 10.9 Å². The van der Waals surface area contributed by atoms with Crippen LogP contribution in [0.3, 0.4) is 0 Å². The molecule has 4 rings (SSSR count). The van der Waals surface area contributed by atoms with Crippen LogP contribution in [-0.2, 0) is 20.7 Å². The SMILES string of the molecule is C/C=C1/CN2[C@@H](C(=O)O)Cc3c([nH]c4ccccc34)[C@@H]2C[C@@H]1CC(=O)OC. The fourth-order valence-corrected chi connectivity index (χ4v) is 4.71. The van der Waals surface area contributed by atoms with E-state index in [0.717, 1.165) is 27.7 Å². The number of H-pyrrole nitrogens is 1. The van der Waals surface area contributed by atoms with Crippen LogP contribution in [0.15, 0.2) is 35.9 Å². The van der Waals surface area contributed by atoms with Crippen LogP contribution < -0.4 is 0 Å². The topological polar surface area (TPSA) is 82.6 Å². The Morgan fingerprint density at radius 3 is 2.85 bits per heavy atom. The molecule has 1 fully saturated rings. The number of carbonyl (C=O) groups excluding carboxylic acids is 1. The van der Waals surface area contributed by atoms with Gasteiger partial charge in [-0.15, -0.1) is 0 Å². The summed E-state index contributed by atoms with van der Waals surface area (Å²) in [5.41, 5.74) is 4.34. The molecule has 1 aromatic heterocycles. The van der Waals surface area contributed by atoms with Gasteiger partial charge in [-0.2, -0.15) is 0 Å². The first-order valence-corrected chi connectivity index (χ1v) is 9.33. The fourth-order valence-electron chi connectivity index (χ4n) is 4.71. The van der Waals surface area contributed by atoms with Gasteiger partial charge in [-0.05, 0) is 30.9 Å². The number of allylic oxidation sites excluding steroid dienone is 1. The molecule has 27 heavy (non-hydrogen) atoms. The number of nitrogens with one attached hydrogen (secondary N) is 1. The molecule has 3 atom stereocenters. The Bertz CT molecular complexity index is 929. The third kappa shape index (κ3) is 2.94. The van der Waals surface area contributed by atoms with E-state index in [4.69, 9.17) is 4.74 Å². The number of esters is 1. The second-order valence-electron chi connectivity index (χ2n) is 7.39. The Labute approximate surface area is 157 Å². The lowest BCUT2D eigenvalue weighted by Gasteiger charge is -2.46. The summed E-state index contributed by atoms with van der Waals surface area (Å²) in [6.07, 6.45) is 3.54. The van der Waals surface area contributed by atoms with Crippen molar-refractivity contribution in [2.24, 2.45) is 5.92 Å². The van der Waals surface area contributed by atoms with Crippen molar-refractivity contribution in [1.29, 1.82) is 0 Å². The molecule has 0 saturated carbocycles. The Morgan fingerprint density at radius 1 is 1.37 bits per heavy atom. The highest BCUT2D eigenvalue weighted by Gasteiger charge is 2.44. The molecule has 1 aromatic carbocycles. The van der Waals surface area contributed by atoms with Gasteiger partial charge in [0.05, 0.1) is 19.6 Å². The zero-order valence-corrected chi connectivity index (χ0v) is 15.6. The number of aromatic amines is 1. The van der Waals surface area contributed by atoms with Crippen LogP contribution in [0, 0.1) is 5.92 Å². The number of para-hydroxylation sites is 1. The molecule has 0 radical (unpaired) electrons. The van der Waals surface area contributed by atoms with Crippen molar-refractivity contribution in [3.63, 3.8) is 0 Å². The first-order chi connectivity index (χ1) is 13.0. The monoisotopic (exact) mass is 368 g/mol. The highest BCUT2D eigenvalue weighted by atomic mass is 16.5. The maximum Gasteiger partial charge on any atom is 0.321 e. The molecule has 0 unspecified atom stereocenters. The zero-order valence-electron chi connectivity index (χ0n) is 15.6. The Kier molecular flexibility index (Phi) is 4.52. The minimum absolute atomic E-state index is 0.0411. The van der Waals surface area contributed by atoms with Crippen molar-refractivity contribution in [2.75, 3.05) is 13.7 Å². The number of carboxylic acids is 1. The molecule has 0 amide bonds. The van der Waals surface area contributed by atoms with Gasteiger partial charge in [0, 0.05) is 29.6 Å². The number of carbonyl (C=O) groups is 2. The quantitative estimate of drug-likeness (QED) is 0.643. The predicted octanol–water partition coefficient (Wildman–Crippen LogP) is 3.05. The molecule has 2 aliphatic heterocycles. The lowest BCUT2D eigenvalue weighted by molar-refractivity contribution is -0.147. The number of ether oxygens (including phenoxy) is 1. The van der Waals surface area contributed by atoms with Crippen molar-refractivity contribution in [1.82, 2.24) is 9.88 Å². The standard InChI is InChI=1S/C21H24N2O4/c1-3-12-11-23-17(8-13(12)9-19(24)27-2)20-15(10-18(23)21(25)26)14-6-4-5-7-16(14)22-20/h3-7,13,17-18,22H,8-11H2,1-2H3,(H,25,26)/b12-3-/t13-,17+,18-/m1/s1. The smallest absolute Gasteiger partial charge is 0.321 e. The minimum atomic E-state index is -0.794. The summed E-state index contributed by atoms with van der Waals surface area (Å²) in [4.78, 5) is 29.5. The number of rotatable bonds is 3. The second kappa shape index (κ2) is 6.85.